The molecule has 0 spiro atoms. The normalized spacial score (nSPS) is 16.1. The van der Waals surface area contributed by atoms with E-state index in [0.29, 0.717) is 10.9 Å². The van der Waals surface area contributed by atoms with Gasteiger partial charge in [-0.25, -0.2) is 4.98 Å². The van der Waals surface area contributed by atoms with Gasteiger partial charge in [0, 0.05) is 21.0 Å². The first-order valence-electron chi connectivity index (χ1n) is 6.37. The summed E-state index contributed by atoms with van der Waals surface area (Å²) in [6.07, 6.45) is 5.09. The van der Waals surface area contributed by atoms with Crippen LogP contribution in [-0.2, 0) is 0 Å². The molecule has 19 heavy (non-hydrogen) atoms. The van der Waals surface area contributed by atoms with Crippen molar-refractivity contribution in [3.8, 4) is 11.3 Å². The molecule has 0 atom stereocenters. The molecule has 0 saturated heterocycles. The molecule has 1 aromatic heterocycles. The zero-order valence-corrected chi connectivity index (χ0v) is 13.5. The molecule has 1 saturated carbocycles. The van der Waals surface area contributed by atoms with Crippen LogP contribution in [0.25, 0.3) is 11.3 Å². The average molecular weight is 358 g/mol. The van der Waals surface area contributed by atoms with Crippen molar-refractivity contribution < 1.29 is 0 Å². The van der Waals surface area contributed by atoms with Gasteiger partial charge < -0.3 is 5.73 Å². The maximum atomic E-state index is 6.15. The lowest BCUT2D eigenvalue weighted by atomic mass is 10.1. The van der Waals surface area contributed by atoms with Gasteiger partial charge in [0.05, 0.1) is 5.01 Å². The zero-order chi connectivity index (χ0) is 13.4. The Morgan fingerprint density at radius 3 is 2.79 bits per heavy atom. The Balaban J connectivity index is 2.02. The number of nitrogens with two attached hydrogens (primary N) is 1. The van der Waals surface area contributed by atoms with Crippen LogP contribution in [0.1, 0.15) is 36.6 Å². The van der Waals surface area contributed by atoms with Gasteiger partial charge in [0.2, 0.25) is 0 Å². The van der Waals surface area contributed by atoms with E-state index in [1.165, 1.54) is 30.7 Å². The summed E-state index contributed by atoms with van der Waals surface area (Å²) in [4.78, 5) is 4.77. The number of anilines is 1. The minimum atomic E-state index is 0.596. The van der Waals surface area contributed by atoms with Gasteiger partial charge in [0.1, 0.15) is 10.7 Å². The molecule has 1 heterocycles. The van der Waals surface area contributed by atoms with Crippen LogP contribution in [-0.4, -0.2) is 4.98 Å². The van der Waals surface area contributed by atoms with Crippen molar-refractivity contribution in [2.45, 2.75) is 31.6 Å². The summed E-state index contributed by atoms with van der Waals surface area (Å²) in [7, 11) is 0. The Kier molecular flexibility index (Phi) is 3.83. The molecule has 100 valence electrons. The first-order chi connectivity index (χ1) is 9.15. The Morgan fingerprint density at radius 2 is 2.05 bits per heavy atom. The summed E-state index contributed by atoms with van der Waals surface area (Å²) in [6, 6.07) is 5.71. The summed E-state index contributed by atoms with van der Waals surface area (Å²) < 4.78 is 0.979. The second-order valence-electron chi connectivity index (χ2n) is 4.87. The molecule has 1 fully saturated rings. The fourth-order valence-corrected chi connectivity index (χ4v) is 4.19. The van der Waals surface area contributed by atoms with Crippen molar-refractivity contribution in [1.82, 2.24) is 4.98 Å². The van der Waals surface area contributed by atoms with Gasteiger partial charge in [-0.05, 0) is 31.0 Å². The summed E-state index contributed by atoms with van der Waals surface area (Å²) >= 11 is 11.2. The van der Waals surface area contributed by atoms with E-state index in [1.54, 1.807) is 11.3 Å². The average Bonchev–Trinajstić information content (AvgIpc) is 3.01. The molecular formula is C14H14BrClN2S. The van der Waals surface area contributed by atoms with Gasteiger partial charge in [-0.15, -0.1) is 11.3 Å². The maximum Gasteiger partial charge on any atom is 0.114 e. The molecule has 2 nitrogen and oxygen atoms in total. The molecular weight excluding hydrogens is 344 g/mol. The SMILES string of the molecule is Nc1sc(C2CCCC2)nc1-c1cc(Cl)ccc1Br. The topological polar surface area (TPSA) is 38.9 Å². The third kappa shape index (κ3) is 2.67. The predicted molar refractivity (Wildman–Crippen MR) is 85.9 cm³/mol. The molecule has 0 unspecified atom stereocenters. The van der Waals surface area contributed by atoms with Gasteiger partial charge >= 0.3 is 0 Å². The molecule has 2 N–H and O–H groups in total. The van der Waals surface area contributed by atoms with Crippen LogP contribution in [0.15, 0.2) is 22.7 Å². The number of thiazole rings is 1. The molecule has 0 aliphatic heterocycles. The Labute approximate surface area is 130 Å². The number of nitrogen functional groups attached to an aromatic ring is 1. The number of rotatable bonds is 2. The van der Waals surface area contributed by atoms with Gasteiger partial charge in [0.25, 0.3) is 0 Å². The highest BCUT2D eigenvalue weighted by Crippen LogP contribution is 2.42. The summed E-state index contributed by atoms with van der Waals surface area (Å²) in [5.41, 5.74) is 7.99. The van der Waals surface area contributed by atoms with Crippen LogP contribution in [0.2, 0.25) is 5.02 Å². The van der Waals surface area contributed by atoms with Crippen molar-refractivity contribution in [3.05, 3.63) is 32.7 Å². The molecule has 5 heteroatoms. The molecule has 3 rings (SSSR count). The number of benzene rings is 1. The fraction of sp³-hybridized carbons (Fsp3) is 0.357. The molecule has 1 aliphatic rings. The molecule has 0 radical (unpaired) electrons. The summed E-state index contributed by atoms with van der Waals surface area (Å²) in [5, 5.41) is 2.66. The van der Waals surface area contributed by atoms with Gasteiger partial charge in [-0.2, -0.15) is 0 Å². The third-order valence-electron chi connectivity index (χ3n) is 3.56. The second-order valence-corrected chi connectivity index (χ2v) is 7.22. The van der Waals surface area contributed by atoms with Crippen molar-refractivity contribution in [3.63, 3.8) is 0 Å². The predicted octanol–water partition coefficient (Wildman–Crippen LogP) is 5.47. The lowest BCUT2D eigenvalue weighted by Crippen LogP contribution is -1.91. The van der Waals surface area contributed by atoms with Crippen molar-refractivity contribution in [2.75, 3.05) is 5.73 Å². The minimum absolute atomic E-state index is 0.596. The van der Waals surface area contributed by atoms with Gasteiger partial charge in [0.15, 0.2) is 0 Å². The van der Waals surface area contributed by atoms with Crippen LogP contribution < -0.4 is 5.73 Å². The molecule has 1 aliphatic carbocycles. The van der Waals surface area contributed by atoms with E-state index in [9.17, 15) is 0 Å². The largest absolute Gasteiger partial charge is 0.389 e. The second kappa shape index (κ2) is 5.43. The van der Waals surface area contributed by atoms with Crippen LogP contribution in [0.5, 0.6) is 0 Å². The Hall–Kier alpha value is -0.580. The fourth-order valence-electron chi connectivity index (χ4n) is 2.57. The Bertz CT molecular complexity index is 605. The quantitative estimate of drug-likeness (QED) is 0.774. The minimum Gasteiger partial charge on any atom is -0.389 e. The zero-order valence-electron chi connectivity index (χ0n) is 10.3. The van der Waals surface area contributed by atoms with E-state index in [2.05, 4.69) is 15.9 Å². The first-order valence-corrected chi connectivity index (χ1v) is 8.35. The first kappa shape index (κ1) is 13.4. The van der Waals surface area contributed by atoms with Crippen LogP contribution in [0.3, 0.4) is 0 Å². The lowest BCUT2D eigenvalue weighted by Gasteiger charge is -2.04. The van der Waals surface area contributed by atoms with E-state index in [-0.39, 0.29) is 0 Å². The van der Waals surface area contributed by atoms with Gasteiger partial charge in [-0.3, -0.25) is 0 Å². The highest BCUT2D eigenvalue weighted by molar-refractivity contribution is 9.10. The number of hydrogen-bond donors (Lipinski definition) is 1. The van der Waals surface area contributed by atoms with Crippen molar-refractivity contribution in [1.29, 1.82) is 0 Å². The van der Waals surface area contributed by atoms with E-state index in [1.807, 2.05) is 18.2 Å². The highest BCUT2D eigenvalue weighted by Gasteiger charge is 2.23. The monoisotopic (exact) mass is 356 g/mol. The number of aromatic nitrogens is 1. The third-order valence-corrected chi connectivity index (χ3v) is 5.53. The van der Waals surface area contributed by atoms with Crippen LogP contribution >= 0.6 is 38.9 Å². The van der Waals surface area contributed by atoms with Crippen molar-refractivity contribution >= 4 is 43.9 Å². The van der Waals surface area contributed by atoms with E-state index < -0.39 is 0 Å². The molecule has 0 bridgehead atoms. The van der Waals surface area contributed by atoms with Crippen LogP contribution in [0.4, 0.5) is 5.00 Å². The van der Waals surface area contributed by atoms with E-state index >= 15 is 0 Å². The summed E-state index contributed by atoms with van der Waals surface area (Å²) in [6.45, 7) is 0. The number of hydrogen-bond acceptors (Lipinski definition) is 3. The van der Waals surface area contributed by atoms with Crippen molar-refractivity contribution in [2.24, 2.45) is 0 Å². The highest BCUT2D eigenvalue weighted by atomic mass is 79.9. The lowest BCUT2D eigenvalue weighted by molar-refractivity contribution is 0.717. The van der Waals surface area contributed by atoms with E-state index in [0.717, 1.165) is 20.7 Å². The molecule has 2 aromatic rings. The van der Waals surface area contributed by atoms with Gasteiger partial charge in [-0.1, -0.05) is 40.4 Å². The van der Waals surface area contributed by atoms with E-state index in [4.69, 9.17) is 22.3 Å². The number of nitrogens with zero attached hydrogens (tertiary/aromatic N) is 1. The maximum absolute atomic E-state index is 6.15. The number of halogens is 2. The summed E-state index contributed by atoms with van der Waals surface area (Å²) in [5.74, 6) is 0.596. The standard InChI is InChI=1S/C14H14BrClN2S/c15-11-6-5-9(16)7-10(11)12-13(17)19-14(18-12)8-3-1-2-4-8/h5-8H,1-4,17H2. The smallest absolute Gasteiger partial charge is 0.114 e. The molecule has 1 aromatic carbocycles. The Morgan fingerprint density at radius 1 is 1.32 bits per heavy atom. The molecule has 0 amide bonds. The van der Waals surface area contributed by atoms with Crippen LogP contribution in [0, 0.1) is 0 Å².